The molecule has 0 aromatic heterocycles. The maximum atomic E-state index is 2.00. The van der Waals surface area contributed by atoms with E-state index in [9.17, 15) is 0 Å². The summed E-state index contributed by atoms with van der Waals surface area (Å²) in [4.78, 5) is 0. The molecule has 0 atom stereocenters. The fraction of sp³-hybridized carbons (Fsp3) is 0. The molecule has 0 aliphatic carbocycles. The molecule has 0 unspecified atom stereocenters. The lowest BCUT2D eigenvalue weighted by Crippen LogP contribution is -1.25. The van der Waals surface area contributed by atoms with Crippen LogP contribution in [0.5, 0.6) is 0 Å². The maximum absolute atomic E-state index is 2.00. The van der Waals surface area contributed by atoms with Crippen molar-refractivity contribution in [3.8, 4) is 0 Å². The Labute approximate surface area is 36.4 Å². The minimum absolute atomic E-state index is 1.14. The molecule has 4 heteroatoms. The van der Waals surface area contributed by atoms with Gasteiger partial charge < -0.3 is 0 Å². The van der Waals surface area contributed by atoms with Crippen LogP contribution < -0.4 is 0 Å². The molecule has 0 N–H and O–H groups in total. The zero-order chi connectivity index (χ0) is 2.83. The Bertz CT molecular complexity index is 12.0. The molecular weight excluding hydrogens is 126 g/mol. The summed E-state index contributed by atoms with van der Waals surface area (Å²) in [5.41, 5.74) is 0. The van der Waals surface area contributed by atoms with Gasteiger partial charge in [0.25, 0.3) is 0 Å². The van der Waals surface area contributed by atoms with Crippen molar-refractivity contribution in [2.45, 2.75) is 0 Å². The van der Waals surface area contributed by atoms with Gasteiger partial charge in [-0.2, -0.15) is 0 Å². The van der Waals surface area contributed by atoms with Gasteiger partial charge in [0, 0.05) is 6.98 Å². The first kappa shape index (κ1) is 3.74. The maximum Gasteiger partial charge on any atom is 0.0692 e. The van der Waals surface area contributed by atoms with Crippen LogP contribution in [-0.4, -0.2) is 0 Å². The highest BCUT2D eigenvalue weighted by molar-refractivity contribution is 9.28. The third-order valence-electron chi connectivity index (χ3n) is 0.149. The lowest BCUT2D eigenvalue weighted by Gasteiger charge is -2.02. The molecule has 0 bridgehead atoms. The van der Waals surface area contributed by atoms with Crippen LogP contribution in [0.25, 0.3) is 0 Å². The second kappa shape index (κ2) is 1.87. The zero-order valence-corrected chi connectivity index (χ0v) is 5.29. The van der Waals surface area contributed by atoms with Gasteiger partial charge in [0.2, 0.25) is 0 Å². The van der Waals surface area contributed by atoms with Gasteiger partial charge in [-0.1, -0.05) is 22.0 Å². The van der Waals surface area contributed by atoms with E-state index in [1.165, 1.54) is 6.98 Å². The molecule has 0 amide bonds. The Kier molecular flexibility index (Phi) is 1.75. The van der Waals surface area contributed by atoms with Crippen LogP contribution in [0.1, 0.15) is 0 Å². The summed E-state index contributed by atoms with van der Waals surface area (Å²) in [6, 6.07) is 0. The average molecular weight is 127 g/mol. The summed E-state index contributed by atoms with van der Waals surface area (Å²) in [5.74, 6) is 0. The first-order valence-corrected chi connectivity index (χ1v) is 6.96. The van der Waals surface area contributed by atoms with Crippen LogP contribution in [0.3, 0.4) is 0 Å². The largest absolute Gasteiger partial charge is 0.0805 e. The Morgan fingerprint density at radius 2 is 1.75 bits per heavy atom. The summed E-state index contributed by atoms with van der Waals surface area (Å²) in [6.07, 6.45) is 0. The van der Waals surface area contributed by atoms with Crippen molar-refractivity contribution in [1.29, 1.82) is 0 Å². The highest BCUT2D eigenvalue weighted by atomic mass is 33.6. The summed E-state index contributed by atoms with van der Waals surface area (Å²) in [5, 5.41) is 0. The predicted octanol–water partition coefficient (Wildman–Crippen LogP) is 2.75. The van der Waals surface area contributed by atoms with Gasteiger partial charge in [-0.05, 0) is 0 Å². The Morgan fingerprint density at radius 1 is 1.50 bits per heavy atom. The minimum atomic E-state index is 1.14. The highest BCUT2D eigenvalue weighted by Gasteiger charge is 1.98. The Morgan fingerprint density at radius 3 is 1.75 bits per heavy atom. The number of hydrogen-bond donors (Lipinski definition) is 0. The zero-order valence-electron chi connectivity index (χ0n) is 1.76. The van der Waals surface area contributed by atoms with Crippen molar-refractivity contribution >= 4 is 36.0 Å². The minimum Gasteiger partial charge on any atom is -0.0805 e. The third-order valence-corrected chi connectivity index (χ3v) is 12.1. The second-order valence-electron chi connectivity index (χ2n) is 0.340. The SMILES string of the molecule is [P]1SPS1. The molecule has 1 aliphatic heterocycles. The van der Waals surface area contributed by atoms with Crippen LogP contribution >= 0.6 is 36.0 Å². The van der Waals surface area contributed by atoms with Crippen molar-refractivity contribution in [2.24, 2.45) is 0 Å². The predicted molar refractivity (Wildman–Crippen MR) is 30.4 cm³/mol. The molecule has 4 heavy (non-hydrogen) atoms. The first-order valence-electron chi connectivity index (χ1n) is 0.773. The van der Waals surface area contributed by atoms with E-state index >= 15 is 0 Å². The van der Waals surface area contributed by atoms with E-state index < -0.39 is 0 Å². The molecule has 0 aromatic rings. The first-order chi connectivity index (χ1) is 2.00. The van der Waals surface area contributed by atoms with Gasteiger partial charge in [0.15, 0.2) is 0 Å². The molecule has 0 spiro atoms. The number of hydrogen-bond acceptors (Lipinski definition) is 2. The van der Waals surface area contributed by atoms with E-state index in [1.807, 2.05) is 22.0 Å². The van der Waals surface area contributed by atoms with Crippen molar-refractivity contribution in [1.82, 2.24) is 0 Å². The van der Waals surface area contributed by atoms with Crippen LogP contribution in [0, 0.1) is 0 Å². The van der Waals surface area contributed by atoms with Gasteiger partial charge in [-0.15, -0.1) is 0 Å². The Hall–Kier alpha value is 1.56. The molecule has 1 aliphatic rings. The third kappa shape index (κ3) is 0.755. The monoisotopic (exact) mass is 127 g/mol. The molecule has 1 rings (SSSR count). The molecule has 0 saturated carbocycles. The van der Waals surface area contributed by atoms with E-state index in [-0.39, 0.29) is 0 Å². The fourth-order valence-electron chi connectivity index (χ4n) is 0.0373. The van der Waals surface area contributed by atoms with E-state index in [4.69, 9.17) is 0 Å². The van der Waals surface area contributed by atoms with Gasteiger partial charge in [0.1, 0.15) is 0 Å². The van der Waals surface area contributed by atoms with Crippen molar-refractivity contribution in [2.75, 3.05) is 0 Å². The second-order valence-corrected chi connectivity index (χ2v) is 9.19. The normalized spacial score (nSPS) is 36.0. The van der Waals surface area contributed by atoms with Crippen molar-refractivity contribution < 1.29 is 0 Å². The van der Waals surface area contributed by atoms with E-state index in [0.717, 1.165) is 6.98 Å². The Balaban J connectivity index is 2.00. The molecule has 1 saturated heterocycles. The molecule has 1 radical (unpaired) electrons. The standard InChI is InChI=1S/HP2S2/c1-3-2-4-1/h1H. The quantitative estimate of drug-likeness (QED) is 0.459. The molecule has 0 aromatic carbocycles. The summed E-state index contributed by atoms with van der Waals surface area (Å²) in [6.45, 7) is 2.67. The van der Waals surface area contributed by atoms with Gasteiger partial charge in [0.05, 0.1) is 6.98 Å². The van der Waals surface area contributed by atoms with Gasteiger partial charge >= 0.3 is 0 Å². The lowest BCUT2D eigenvalue weighted by molar-refractivity contribution is 5.23. The van der Waals surface area contributed by atoms with Crippen molar-refractivity contribution in [3.05, 3.63) is 0 Å². The lowest BCUT2D eigenvalue weighted by atomic mass is 29.4. The summed E-state index contributed by atoms with van der Waals surface area (Å²) < 4.78 is 0. The van der Waals surface area contributed by atoms with Crippen LogP contribution in [0.4, 0.5) is 0 Å². The summed E-state index contributed by atoms with van der Waals surface area (Å²) in [7, 11) is 0. The van der Waals surface area contributed by atoms with Gasteiger partial charge in [-0.3, -0.25) is 0 Å². The van der Waals surface area contributed by atoms with Crippen LogP contribution in [0.2, 0.25) is 0 Å². The molecular formula is HP2S2. The van der Waals surface area contributed by atoms with E-state index in [1.54, 1.807) is 0 Å². The molecule has 0 nitrogen and oxygen atoms in total. The highest BCUT2D eigenvalue weighted by Crippen LogP contribution is 2.76. The van der Waals surface area contributed by atoms with E-state index in [0.29, 0.717) is 0 Å². The topological polar surface area (TPSA) is 0 Å². The van der Waals surface area contributed by atoms with Gasteiger partial charge in [-0.25, -0.2) is 0 Å². The van der Waals surface area contributed by atoms with E-state index in [2.05, 4.69) is 0 Å². The number of rotatable bonds is 0. The smallest absolute Gasteiger partial charge is 0.0692 e. The molecule has 23 valence electrons. The molecule has 1 fully saturated rings. The fourth-order valence-corrected chi connectivity index (χ4v) is 3.02. The van der Waals surface area contributed by atoms with Crippen LogP contribution in [0.15, 0.2) is 0 Å². The summed E-state index contributed by atoms with van der Waals surface area (Å²) >= 11 is 4.00. The van der Waals surface area contributed by atoms with Crippen molar-refractivity contribution in [3.63, 3.8) is 0 Å². The average Bonchev–Trinajstić information content (AvgIpc) is 0.722. The molecule has 1 heterocycles. The van der Waals surface area contributed by atoms with Crippen LogP contribution in [-0.2, 0) is 0 Å².